The summed E-state index contributed by atoms with van der Waals surface area (Å²) in [5.41, 5.74) is 4.55. The van der Waals surface area contributed by atoms with Gasteiger partial charge in [0.2, 0.25) is 5.95 Å². The predicted molar refractivity (Wildman–Crippen MR) is 103 cm³/mol. The van der Waals surface area contributed by atoms with E-state index in [4.69, 9.17) is 0 Å². The van der Waals surface area contributed by atoms with Crippen LogP contribution in [-0.2, 0) is 0 Å². The average molecular weight is 340 g/mol. The van der Waals surface area contributed by atoms with Crippen molar-refractivity contribution < 1.29 is 5.11 Å². The lowest BCUT2D eigenvalue weighted by Gasteiger charge is -2.20. The van der Waals surface area contributed by atoms with Crippen molar-refractivity contribution >= 4 is 17.5 Å². The Morgan fingerprint density at radius 1 is 1.08 bits per heavy atom. The fraction of sp³-hybridized carbons (Fsp3) is 0.500. The van der Waals surface area contributed by atoms with Crippen LogP contribution in [0.1, 0.15) is 49.4 Å². The molecule has 3 N–H and O–H groups in total. The van der Waals surface area contributed by atoms with Crippen LogP contribution in [0.3, 0.4) is 0 Å². The molecule has 134 valence electrons. The Bertz CT molecular complexity index is 720. The molecule has 0 aliphatic heterocycles. The number of nitrogens with zero attached hydrogens (tertiary/aromatic N) is 2. The number of nitrogens with one attached hydrogen (secondary N) is 2. The zero-order valence-corrected chi connectivity index (χ0v) is 15.5. The summed E-state index contributed by atoms with van der Waals surface area (Å²) in [5, 5.41) is 16.3. The third-order valence-corrected chi connectivity index (χ3v) is 4.55. The molecule has 25 heavy (non-hydrogen) atoms. The van der Waals surface area contributed by atoms with Crippen LogP contribution in [0.2, 0.25) is 0 Å². The van der Waals surface area contributed by atoms with Gasteiger partial charge in [-0.15, -0.1) is 0 Å². The summed E-state index contributed by atoms with van der Waals surface area (Å²) in [6.45, 7) is 8.40. The van der Waals surface area contributed by atoms with Crippen LogP contribution in [-0.4, -0.2) is 27.7 Å². The van der Waals surface area contributed by atoms with E-state index in [0.717, 1.165) is 17.2 Å². The fourth-order valence-corrected chi connectivity index (χ4v) is 2.97. The maximum Gasteiger partial charge on any atom is 0.225 e. The summed E-state index contributed by atoms with van der Waals surface area (Å²) in [5.74, 6) is 2.22. The van der Waals surface area contributed by atoms with E-state index in [0.29, 0.717) is 17.8 Å². The molecule has 1 aliphatic carbocycles. The molecule has 2 aromatic rings. The second-order valence-electron chi connectivity index (χ2n) is 7.45. The van der Waals surface area contributed by atoms with E-state index in [1.165, 1.54) is 24.0 Å². The SMILES string of the molecule is Cc1cc(C)cc(Nc2cc(C3CC3)nc(N[C@H](CO)C(C)C)n2)c1. The molecule has 1 aliphatic rings. The average Bonchev–Trinajstić information content (AvgIpc) is 3.36. The summed E-state index contributed by atoms with van der Waals surface area (Å²) in [7, 11) is 0. The smallest absolute Gasteiger partial charge is 0.225 e. The molecular weight excluding hydrogens is 312 g/mol. The standard InChI is InChI=1S/C20H28N4O/c1-12(2)18(11-25)23-20-22-17(15-5-6-15)10-19(24-20)21-16-8-13(3)7-14(4)9-16/h7-10,12,15,18,25H,5-6,11H2,1-4H3,(H2,21,22,23,24)/t18-/m1/s1. The Morgan fingerprint density at radius 3 is 2.32 bits per heavy atom. The van der Waals surface area contributed by atoms with Gasteiger partial charge >= 0.3 is 0 Å². The van der Waals surface area contributed by atoms with Gasteiger partial charge in [-0.3, -0.25) is 0 Å². The number of anilines is 3. The molecule has 1 aromatic carbocycles. The molecule has 1 fully saturated rings. The second-order valence-corrected chi connectivity index (χ2v) is 7.45. The lowest BCUT2D eigenvalue weighted by atomic mass is 10.1. The van der Waals surface area contributed by atoms with Crippen LogP contribution >= 0.6 is 0 Å². The van der Waals surface area contributed by atoms with E-state index in [2.05, 4.69) is 66.5 Å². The number of hydrogen-bond donors (Lipinski definition) is 3. The van der Waals surface area contributed by atoms with Crippen LogP contribution in [0, 0.1) is 19.8 Å². The second kappa shape index (κ2) is 7.40. The zero-order valence-electron chi connectivity index (χ0n) is 15.5. The molecule has 5 heteroatoms. The van der Waals surface area contributed by atoms with Crippen molar-refractivity contribution in [1.29, 1.82) is 0 Å². The lowest BCUT2D eigenvalue weighted by molar-refractivity contribution is 0.248. The normalized spacial score (nSPS) is 15.3. The van der Waals surface area contributed by atoms with Gasteiger partial charge in [0.1, 0.15) is 5.82 Å². The minimum absolute atomic E-state index is 0.0523. The van der Waals surface area contributed by atoms with Gasteiger partial charge in [0.25, 0.3) is 0 Å². The molecule has 5 nitrogen and oxygen atoms in total. The first kappa shape index (κ1) is 17.7. The maximum atomic E-state index is 9.58. The number of aliphatic hydroxyl groups excluding tert-OH is 1. The highest BCUT2D eigenvalue weighted by Crippen LogP contribution is 2.40. The van der Waals surface area contributed by atoms with Gasteiger partial charge < -0.3 is 15.7 Å². The minimum Gasteiger partial charge on any atom is -0.394 e. The highest BCUT2D eigenvalue weighted by atomic mass is 16.3. The first-order chi connectivity index (χ1) is 11.9. The first-order valence-electron chi connectivity index (χ1n) is 9.06. The van der Waals surface area contributed by atoms with E-state index in [1.807, 2.05) is 6.07 Å². The first-order valence-corrected chi connectivity index (χ1v) is 9.06. The highest BCUT2D eigenvalue weighted by Gasteiger charge is 2.26. The van der Waals surface area contributed by atoms with Gasteiger partial charge in [-0.25, -0.2) is 4.98 Å². The van der Waals surface area contributed by atoms with Crippen molar-refractivity contribution in [3.8, 4) is 0 Å². The number of rotatable bonds is 7. The van der Waals surface area contributed by atoms with Crippen molar-refractivity contribution in [3.05, 3.63) is 41.1 Å². The van der Waals surface area contributed by atoms with Crippen LogP contribution in [0.5, 0.6) is 0 Å². The lowest BCUT2D eigenvalue weighted by Crippen LogP contribution is -2.30. The van der Waals surface area contributed by atoms with Crippen LogP contribution in [0.25, 0.3) is 0 Å². The number of aromatic nitrogens is 2. The summed E-state index contributed by atoms with van der Waals surface area (Å²) in [4.78, 5) is 9.29. The van der Waals surface area contributed by atoms with Crippen molar-refractivity contribution in [2.75, 3.05) is 17.2 Å². The molecule has 0 unspecified atom stereocenters. The van der Waals surface area contributed by atoms with Crippen LogP contribution in [0.4, 0.5) is 17.5 Å². The summed E-state index contributed by atoms with van der Waals surface area (Å²) >= 11 is 0. The molecule has 1 saturated carbocycles. The van der Waals surface area contributed by atoms with Crippen molar-refractivity contribution in [1.82, 2.24) is 9.97 Å². The third kappa shape index (κ3) is 4.69. The minimum atomic E-state index is -0.0523. The molecule has 0 bridgehead atoms. The Labute approximate surface area is 149 Å². The molecule has 1 heterocycles. The van der Waals surface area contributed by atoms with E-state index in [-0.39, 0.29) is 12.6 Å². The summed E-state index contributed by atoms with van der Waals surface area (Å²) in [6, 6.07) is 8.38. The number of hydrogen-bond acceptors (Lipinski definition) is 5. The molecule has 0 saturated heterocycles. The third-order valence-electron chi connectivity index (χ3n) is 4.55. The fourth-order valence-electron chi connectivity index (χ4n) is 2.97. The Balaban J connectivity index is 1.87. The monoisotopic (exact) mass is 340 g/mol. The van der Waals surface area contributed by atoms with Crippen molar-refractivity contribution in [2.24, 2.45) is 5.92 Å². The molecular formula is C20H28N4O. The van der Waals surface area contributed by atoms with Gasteiger partial charge in [-0.1, -0.05) is 19.9 Å². The van der Waals surface area contributed by atoms with E-state index in [1.54, 1.807) is 0 Å². The molecule has 3 rings (SSSR count). The van der Waals surface area contributed by atoms with Gasteiger partial charge in [0.15, 0.2) is 0 Å². The summed E-state index contributed by atoms with van der Waals surface area (Å²) in [6.07, 6.45) is 2.38. The van der Waals surface area contributed by atoms with Crippen molar-refractivity contribution in [3.63, 3.8) is 0 Å². The molecule has 1 aromatic heterocycles. The Kier molecular flexibility index (Phi) is 5.23. The van der Waals surface area contributed by atoms with E-state index in [9.17, 15) is 5.11 Å². The number of benzene rings is 1. The molecule has 0 radical (unpaired) electrons. The Hall–Kier alpha value is -2.14. The van der Waals surface area contributed by atoms with Gasteiger partial charge in [-0.05, 0) is 55.9 Å². The zero-order chi connectivity index (χ0) is 18.0. The number of aryl methyl sites for hydroxylation is 2. The topological polar surface area (TPSA) is 70.1 Å². The largest absolute Gasteiger partial charge is 0.394 e. The highest BCUT2D eigenvalue weighted by molar-refractivity contribution is 5.60. The summed E-state index contributed by atoms with van der Waals surface area (Å²) < 4.78 is 0. The maximum absolute atomic E-state index is 9.58. The number of aliphatic hydroxyl groups is 1. The van der Waals surface area contributed by atoms with Crippen LogP contribution < -0.4 is 10.6 Å². The van der Waals surface area contributed by atoms with Gasteiger partial charge in [-0.2, -0.15) is 4.98 Å². The van der Waals surface area contributed by atoms with E-state index < -0.39 is 0 Å². The molecule has 1 atom stereocenters. The van der Waals surface area contributed by atoms with Gasteiger partial charge in [0, 0.05) is 17.7 Å². The van der Waals surface area contributed by atoms with Crippen molar-refractivity contribution in [2.45, 2.75) is 52.5 Å². The molecule has 0 amide bonds. The quantitative estimate of drug-likeness (QED) is 0.706. The Morgan fingerprint density at radius 2 is 1.76 bits per heavy atom. The predicted octanol–water partition coefficient (Wildman–Crippen LogP) is 4.14. The molecule has 0 spiro atoms. The van der Waals surface area contributed by atoms with Crippen LogP contribution in [0.15, 0.2) is 24.3 Å². The van der Waals surface area contributed by atoms with E-state index >= 15 is 0 Å². The van der Waals surface area contributed by atoms with Gasteiger partial charge in [0.05, 0.1) is 18.3 Å².